The number of nitrogens with one attached hydrogen (secondary N) is 1. The molecule has 2 atom stereocenters. The molecular formula is C14H30N2O. The van der Waals surface area contributed by atoms with Crippen LogP contribution in [0.4, 0.5) is 0 Å². The highest BCUT2D eigenvalue weighted by atomic mass is 16.2. The van der Waals surface area contributed by atoms with Gasteiger partial charge in [-0.25, -0.2) is 0 Å². The second kappa shape index (κ2) is 8.90. The molecule has 2 unspecified atom stereocenters. The molecule has 0 radical (unpaired) electrons. The highest BCUT2D eigenvalue weighted by Gasteiger charge is 2.21. The fraction of sp³-hybridized carbons (Fsp3) is 1.00. The Balaban J connectivity index is 2.02. The predicted molar refractivity (Wildman–Crippen MR) is 73.2 cm³/mol. The molecule has 3 nitrogen and oxygen atoms in total. The summed E-state index contributed by atoms with van der Waals surface area (Å²) in [5.41, 5.74) is 0. The molecule has 0 bridgehead atoms. The molecule has 1 fully saturated rings. The molecule has 0 amide bonds. The first-order valence-electron chi connectivity index (χ1n) is 7.27. The van der Waals surface area contributed by atoms with Gasteiger partial charge in [-0.15, -0.1) is 0 Å². The molecular weight excluding hydrogens is 212 g/mol. The van der Waals surface area contributed by atoms with E-state index in [9.17, 15) is 0 Å². The van der Waals surface area contributed by atoms with E-state index in [1.165, 1.54) is 45.2 Å². The average molecular weight is 242 g/mol. The quantitative estimate of drug-likeness (QED) is 0.638. The fourth-order valence-electron chi connectivity index (χ4n) is 2.70. The maximum absolute atomic E-state index is 8.69. The Morgan fingerprint density at radius 2 is 2.06 bits per heavy atom. The lowest BCUT2D eigenvalue weighted by Crippen LogP contribution is -2.43. The molecule has 1 saturated heterocycles. The van der Waals surface area contributed by atoms with Crippen molar-refractivity contribution in [3.63, 3.8) is 0 Å². The third-order valence-corrected chi connectivity index (χ3v) is 3.92. The van der Waals surface area contributed by atoms with Gasteiger partial charge in [-0.1, -0.05) is 12.8 Å². The van der Waals surface area contributed by atoms with E-state index in [-0.39, 0.29) is 0 Å². The van der Waals surface area contributed by atoms with Crippen molar-refractivity contribution in [3.8, 4) is 0 Å². The lowest BCUT2D eigenvalue weighted by atomic mass is 9.92. The van der Waals surface area contributed by atoms with Crippen molar-refractivity contribution in [2.75, 3.05) is 33.3 Å². The van der Waals surface area contributed by atoms with Crippen LogP contribution in [0.25, 0.3) is 0 Å². The summed E-state index contributed by atoms with van der Waals surface area (Å²) in [6.45, 7) is 6.33. The smallest absolute Gasteiger partial charge is 0.0431 e. The van der Waals surface area contributed by atoms with Gasteiger partial charge < -0.3 is 15.3 Å². The van der Waals surface area contributed by atoms with Gasteiger partial charge in [0.1, 0.15) is 0 Å². The van der Waals surface area contributed by atoms with Gasteiger partial charge in [0.05, 0.1) is 0 Å². The Bertz CT molecular complexity index is 187. The van der Waals surface area contributed by atoms with E-state index in [0.29, 0.717) is 12.6 Å². The van der Waals surface area contributed by atoms with Crippen LogP contribution in [0.1, 0.15) is 45.4 Å². The first kappa shape index (κ1) is 14.9. The van der Waals surface area contributed by atoms with Crippen molar-refractivity contribution in [3.05, 3.63) is 0 Å². The maximum Gasteiger partial charge on any atom is 0.0431 e. The molecule has 1 heterocycles. The van der Waals surface area contributed by atoms with Crippen molar-refractivity contribution in [2.24, 2.45) is 5.92 Å². The van der Waals surface area contributed by atoms with Crippen LogP contribution < -0.4 is 5.32 Å². The number of aliphatic hydroxyl groups excluding tert-OH is 1. The van der Waals surface area contributed by atoms with Crippen LogP contribution in [-0.4, -0.2) is 49.3 Å². The number of nitrogens with zero attached hydrogens (tertiary/aromatic N) is 1. The maximum atomic E-state index is 8.69. The number of piperidine rings is 1. The molecule has 102 valence electrons. The third-order valence-electron chi connectivity index (χ3n) is 3.92. The normalized spacial score (nSPS) is 23.8. The summed E-state index contributed by atoms with van der Waals surface area (Å²) >= 11 is 0. The summed E-state index contributed by atoms with van der Waals surface area (Å²) in [5, 5.41) is 12.3. The molecule has 1 rings (SSSR count). The van der Waals surface area contributed by atoms with Gasteiger partial charge in [-0.05, 0) is 58.7 Å². The highest BCUT2D eigenvalue weighted by Crippen LogP contribution is 2.18. The largest absolute Gasteiger partial charge is 0.396 e. The van der Waals surface area contributed by atoms with E-state index >= 15 is 0 Å². The molecule has 3 heteroatoms. The second-order valence-electron chi connectivity index (χ2n) is 5.55. The molecule has 0 saturated carbocycles. The monoisotopic (exact) mass is 242 g/mol. The van der Waals surface area contributed by atoms with Crippen LogP contribution in [0, 0.1) is 5.92 Å². The molecule has 2 N–H and O–H groups in total. The summed E-state index contributed by atoms with van der Waals surface area (Å²) in [7, 11) is 2.23. The Morgan fingerprint density at radius 3 is 2.76 bits per heavy atom. The van der Waals surface area contributed by atoms with E-state index in [1.54, 1.807) is 0 Å². The van der Waals surface area contributed by atoms with E-state index in [4.69, 9.17) is 5.11 Å². The molecule has 0 aromatic heterocycles. The first-order valence-corrected chi connectivity index (χ1v) is 7.27. The number of unbranched alkanes of at least 4 members (excludes halogenated alkanes) is 3. The lowest BCUT2D eigenvalue weighted by molar-refractivity contribution is 0.179. The second-order valence-corrected chi connectivity index (χ2v) is 5.55. The van der Waals surface area contributed by atoms with E-state index < -0.39 is 0 Å². The lowest BCUT2D eigenvalue weighted by Gasteiger charge is -2.34. The molecule has 1 aliphatic heterocycles. The minimum Gasteiger partial charge on any atom is -0.396 e. The molecule has 0 aromatic rings. The molecule has 0 aromatic carbocycles. The predicted octanol–water partition coefficient (Wildman–Crippen LogP) is 1.86. The summed E-state index contributed by atoms with van der Waals surface area (Å²) in [4.78, 5) is 2.45. The van der Waals surface area contributed by atoms with Gasteiger partial charge in [0, 0.05) is 19.2 Å². The van der Waals surface area contributed by atoms with E-state index in [0.717, 1.165) is 18.9 Å². The number of likely N-dealkylation sites (tertiary alicyclic amines) is 1. The Morgan fingerprint density at radius 1 is 1.29 bits per heavy atom. The number of hydrogen-bond donors (Lipinski definition) is 2. The number of aliphatic hydroxyl groups is 1. The van der Waals surface area contributed by atoms with Gasteiger partial charge in [0.2, 0.25) is 0 Å². The van der Waals surface area contributed by atoms with Gasteiger partial charge in [-0.3, -0.25) is 0 Å². The van der Waals surface area contributed by atoms with Crippen LogP contribution in [0.3, 0.4) is 0 Å². The van der Waals surface area contributed by atoms with Gasteiger partial charge in [0.25, 0.3) is 0 Å². The molecule has 1 aliphatic rings. The summed E-state index contributed by atoms with van der Waals surface area (Å²) in [6.07, 6.45) is 7.34. The van der Waals surface area contributed by atoms with Gasteiger partial charge in [0.15, 0.2) is 0 Å². The first-order chi connectivity index (χ1) is 8.24. The van der Waals surface area contributed by atoms with Crippen molar-refractivity contribution in [2.45, 2.75) is 51.5 Å². The fourth-order valence-corrected chi connectivity index (χ4v) is 2.70. The summed E-state index contributed by atoms with van der Waals surface area (Å²) in [6, 6.07) is 0.649. The molecule has 17 heavy (non-hydrogen) atoms. The van der Waals surface area contributed by atoms with Gasteiger partial charge in [-0.2, -0.15) is 0 Å². The van der Waals surface area contributed by atoms with E-state index in [2.05, 4.69) is 24.2 Å². The summed E-state index contributed by atoms with van der Waals surface area (Å²) < 4.78 is 0. The SMILES string of the molecule is CC(NCCCCCCO)C1CCCN(C)C1. The van der Waals surface area contributed by atoms with Crippen LogP contribution in [0.5, 0.6) is 0 Å². The topological polar surface area (TPSA) is 35.5 Å². The number of rotatable bonds is 8. The third kappa shape index (κ3) is 6.39. The molecule has 0 spiro atoms. The van der Waals surface area contributed by atoms with Crippen molar-refractivity contribution < 1.29 is 5.11 Å². The van der Waals surface area contributed by atoms with Gasteiger partial charge >= 0.3 is 0 Å². The van der Waals surface area contributed by atoms with Crippen molar-refractivity contribution in [1.82, 2.24) is 10.2 Å². The standard InChI is InChI=1S/C14H30N2O/c1-13(14-8-7-10-16(2)12-14)15-9-5-3-4-6-11-17/h13-15,17H,3-12H2,1-2H3. The summed E-state index contributed by atoms with van der Waals surface area (Å²) in [5.74, 6) is 0.825. The zero-order valence-corrected chi connectivity index (χ0v) is 11.6. The Labute approximate surface area is 107 Å². The van der Waals surface area contributed by atoms with Crippen LogP contribution in [0.15, 0.2) is 0 Å². The van der Waals surface area contributed by atoms with Crippen LogP contribution >= 0.6 is 0 Å². The number of hydrogen-bond acceptors (Lipinski definition) is 3. The Kier molecular flexibility index (Phi) is 7.82. The zero-order valence-electron chi connectivity index (χ0n) is 11.6. The zero-order chi connectivity index (χ0) is 12.5. The van der Waals surface area contributed by atoms with E-state index in [1.807, 2.05) is 0 Å². The van der Waals surface area contributed by atoms with Crippen molar-refractivity contribution in [1.29, 1.82) is 0 Å². The average Bonchev–Trinajstić information content (AvgIpc) is 2.33. The minimum absolute atomic E-state index is 0.345. The molecule has 0 aliphatic carbocycles. The van der Waals surface area contributed by atoms with Crippen molar-refractivity contribution >= 4 is 0 Å². The highest BCUT2D eigenvalue weighted by molar-refractivity contribution is 4.78. The minimum atomic E-state index is 0.345. The van der Waals surface area contributed by atoms with Crippen LogP contribution in [0.2, 0.25) is 0 Å². The van der Waals surface area contributed by atoms with Crippen LogP contribution in [-0.2, 0) is 0 Å². The Hall–Kier alpha value is -0.120.